The summed E-state index contributed by atoms with van der Waals surface area (Å²) in [7, 11) is 1.65. The van der Waals surface area contributed by atoms with E-state index in [1.807, 2.05) is 6.07 Å². The number of benzene rings is 1. The number of rotatable bonds is 5. The molecular weight excluding hydrogens is 292 g/mol. The van der Waals surface area contributed by atoms with Crippen molar-refractivity contribution < 1.29 is 18.4 Å². The molecule has 1 N–H and O–H groups in total. The number of amides is 3. The Bertz CT molecular complexity index is 525. The zero-order chi connectivity index (χ0) is 16.1. The molecule has 1 fully saturated rings. The average Bonchev–Trinajstić information content (AvgIpc) is 2.77. The Morgan fingerprint density at radius 1 is 1.41 bits per heavy atom. The number of halogens is 2. The summed E-state index contributed by atoms with van der Waals surface area (Å²) in [6, 6.07) is 8.05. The summed E-state index contributed by atoms with van der Waals surface area (Å²) in [5, 5.41) is 2.66. The minimum atomic E-state index is -2.61. The number of hydrogen-bond acceptors (Lipinski definition) is 2. The number of likely N-dealkylation sites (N-methyl/N-ethyl adjacent to an activating group) is 1. The smallest absolute Gasteiger partial charge is 0.318 e. The zero-order valence-electron chi connectivity index (χ0n) is 12.3. The van der Waals surface area contributed by atoms with E-state index in [4.69, 9.17) is 0 Å². The van der Waals surface area contributed by atoms with Crippen LogP contribution in [0, 0.1) is 0 Å². The number of nitrogens with zero attached hydrogens (tertiary/aromatic N) is 2. The first kappa shape index (κ1) is 16.2. The van der Waals surface area contributed by atoms with Gasteiger partial charge in [-0.3, -0.25) is 4.79 Å². The Morgan fingerprint density at radius 2 is 2.09 bits per heavy atom. The van der Waals surface area contributed by atoms with E-state index in [1.54, 1.807) is 31.3 Å². The Hall–Kier alpha value is -2.18. The van der Waals surface area contributed by atoms with Crippen molar-refractivity contribution in [1.82, 2.24) is 15.1 Å². The third-order valence-electron chi connectivity index (χ3n) is 3.53. The van der Waals surface area contributed by atoms with Gasteiger partial charge in [0.25, 0.3) is 6.43 Å². The van der Waals surface area contributed by atoms with Crippen LogP contribution in [0.2, 0.25) is 0 Å². The lowest BCUT2D eigenvalue weighted by atomic mass is 10.2. The van der Waals surface area contributed by atoms with E-state index in [0.29, 0.717) is 6.54 Å². The summed E-state index contributed by atoms with van der Waals surface area (Å²) >= 11 is 0. The second-order valence-electron chi connectivity index (χ2n) is 5.38. The van der Waals surface area contributed by atoms with Gasteiger partial charge in [-0.1, -0.05) is 30.3 Å². The summed E-state index contributed by atoms with van der Waals surface area (Å²) in [5.41, 5.74) is 0.776. The molecule has 1 heterocycles. The quantitative estimate of drug-likeness (QED) is 0.900. The molecule has 1 aliphatic heterocycles. The lowest BCUT2D eigenvalue weighted by molar-refractivity contribution is -0.126. The minimum absolute atomic E-state index is 0.0613. The third kappa shape index (κ3) is 4.41. The molecule has 3 amide bonds. The Balaban J connectivity index is 1.98. The molecule has 1 atom stereocenters. The lowest BCUT2D eigenvalue weighted by Gasteiger charge is -2.24. The van der Waals surface area contributed by atoms with Gasteiger partial charge in [0.2, 0.25) is 5.91 Å². The van der Waals surface area contributed by atoms with Crippen molar-refractivity contribution in [2.75, 3.05) is 20.1 Å². The van der Waals surface area contributed by atoms with Crippen molar-refractivity contribution in [1.29, 1.82) is 0 Å². The van der Waals surface area contributed by atoms with Gasteiger partial charge in [0, 0.05) is 26.6 Å². The van der Waals surface area contributed by atoms with Crippen LogP contribution in [0.5, 0.6) is 0 Å². The van der Waals surface area contributed by atoms with E-state index in [0.717, 1.165) is 10.5 Å². The van der Waals surface area contributed by atoms with Gasteiger partial charge in [-0.2, -0.15) is 0 Å². The van der Waals surface area contributed by atoms with E-state index in [2.05, 4.69) is 5.32 Å². The molecule has 1 saturated heterocycles. The van der Waals surface area contributed by atoms with Gasteiger partial charge in [-0.25, -0.2) is 13.6 Å². The number of nitrogens with one attached hydrogen (secondary N) is 1. The largest absolute Gasteiger partial charge is 0.344 e. The topological polar surface area (TPSA) is 52.7 Å². The maximum Gasteiger partial charge on any atom is 0.318 e. The molecule has 0 spiro atoms. The molecule has 0 aromatic heterocycles. The van der Waals surface area contributed by atoms with E-state index in [1.165, 1.54) is 4.90 Å². The molecule has 0 unspecified atom stereocenters. The Morgan fingerprint density at radius 3 is 2.64 bits per heavy atom. The molecule has 7 heteroatoms. The highest BCUT2D eigenvalue weighted by Crippen LogP contribution is 2.11. The number of urea groups is 1. The van der Waals surface area contributed by atoms with E-state index in [9.17, 15) is 18.4 Å². The van der Waals surface area contributed by atoms with Crippen molar-refractivity contribution in [3.05, 3.63) is 35.9 Å². The SMILES string of the molecule is CN1C[C@H](NC(=O)N(Cc2ccccc2)CC(F)F)CC1=O. The van der Waals surface area contributed by atoms with Crippen LogP contribution >= 0.6 is 0 Å². The molecule has 5 nitrogen and oxygen atoms in total. The van der Waals surface area contributed by atoms with Gasteiger partial charge in [0.05, 0.1) is 12.6 Å². The first-order chi connectivity index (χ1) is 10.5. The second-order valence-corrected chi connectivity index (χ2v) is 5.38. The summed E-state index contributed by atoms with van der Waals surface area (Å²) in [4.78, 5) is 26.2. The molecule has 1 aromatic carbocycles. The molecule has 2 rings (SSSR count). The average molecular weight is 311 g/mol. The fourth-order valence-corrected chi connectivity index (χ4v) is 2.42. The van der Waals surface area contributed by atoms with Crippen LogP contribution in [-0.2, 0) is 11.3 Å². The van der Waals surface area contributed by atoms with Gasteiger partial charge in [0.1, 0.15) is 0 Å². The van der Waals surface area contributed by atoms with Crippen LogP contribution in [0.3, 0.4) is 0 Å². The molecule has 1 aromatic rings. The van der Waals surface area contributed by atoms with Crippen LogP contribution in [0.25, 0.3) is 0 Å². The number of carbonyl (C=O) groups is 2. The van der Waals surface area contributed by atoms with Crippen molar-refractivity contribution >= 4 is 11.9 Å². The highest BCUT2D eigenvalue weighted by Gasteiger charge is 2.29. The van der Waals surface area contributed by atoms with Gasteiger partial charge < -0.3 is 15.1 Å². The maximum atomic E-state index is 12.7. The standard InChI is InChI=1S/C15H19F2N3O2/c1-19-9-12(7-14(19)21)18-15(22)20(10-13(16)17)8-11-5-3-2-4-6-11/h2-6,12-13H,7-10H2,1H3,(H,18,22)/t12-/m1/s1. The highest BCUT2D eigenvalue weighted by atomic mass is 19.3. The molecule has 120 valence electrons. The van der Waals surface area contributed by atoms with E-state index < -0.39 is 19.0 Å². The third-order valence-corrected chi connectivity index (χ3v) is 3.53. The summed E-state index contributed by atoms with van der Waals surface area (Å²) < 4.78 is 25.4. The van der Waals surface area contributed by atoms with Gasteiger partial charge in [-0.05, 0) is 5.56 Å². The molecule has 0 saturated carbocycles. The Kier molecular flexibility index (Phi) is 5.30. The van der Waals surface area contributed by atoms with E-state index >= 15 is 0 Å². The summed E-state index contributed by atoms with van der Waals surface area (Å²) in [6.07, 6.45) is -2.40. The maximum absolute atomic E-state index is 12.7. The summed E-state index contributed by atoms with van der Waals surface area (Å²) in [6.45, 7) is -0.136. The molecule has 0 bridgehead atoms. The first-order valence-corrected chi connectivity index (χ1v) is 7.07. The lowest BCUT2D eigenvalue weighted by Crippen LogP contribution is -2.46. The van der Waals surface area contributed by atoms with Crippen molar-refractivity contribution in [3.8, 4) is 0 Å². The van der Waals surface area contributed by atoms with Crippen LogP contribution in [0.1, 0.15) is 12.0 Å². The predicted octanol–water partition coefficient (Wildman–Crippen LogP) is 1.69. The number of hydrogen-bond donors (Lipinski definition) is 1. The Labute approximate surface area is 127 Å². The number of likely N-dealkylation sites (tertiary alicyclic amines) is 1. The van der Waals surface area contributed by atoms with Gasteiger partial charge >= 0.3 is 6.03 Å². The monoisotopic (exact) mass is 311 g/mol. The van der Waals surface area contributed by atoms with Crippen LogP contribution in [-0.4, -0.2) is 54.3 Å². The van der Waals surface area contributed by atoms with Crippen LogP contribution < -0.4 is 5.32 Å². The molecule has 1 aliphatic rings. The van der Waals surface area contributed by atoms with Gasteiger partial charge in [-0.15, -0.1) is 0 Å². The molecular formula is C15H19F2N3O2. The molecule has 22 heavy (non-hydrogen) atoms. The molecule has 0 radical (unpaired) electrons. The minimum Gasteiger partial charge on any atom is -0.344 e. The summed E-state index contributed by atoms with van der Waals surface area (Å²) in [5.74, 6) is -0.0613. The number of alkyl halides is 2. The predicted molar refractivity (Wildman–Crippen MR) is 77.4 cm³/mol. The molecule has 0 aliphatic carbocycles. The fraction of sp³-hybridized carbons (Fsp3) is 0.467. The highest BCUT2D eigenvalue weighted by molar-refractivity contribution is 5.81. The van der Waals surface area contributed by atoms with Crippen molar-refractivity contribution in [2.24, 2.45) is 0 Å². The zero-order valence-corrected chi connectivity index (χ0v) is 12.3. The van der Waals surface area contributed by atoms with E-state index in [-0.39, 0.29) is 24.9 Å². The van der Waals surface area contributed by atoms with Crippen LogP contribution in [0.4, 0.5) is 13.6 Å². The normalized spacial score (nSPS) is 17.9. The second kappa shape index (κ2) is 7.20. The van der Waals surface area contributed by atoms with Crippen molar-refractivity contribution in [2.45, 2.75) is 25.4 Å². The van der Waals surface area contributed by atoms with Crippen molar-refractivity contribution in [3.63, 3.8) is 0 Å². The number of carbonyl (C=O) groups excluding carboxylic acids is 2. The first-order valence-electron chi connectivity index (χ1n) is 7.07. The van der Waals surface area contributed by atoms with Gasteiger partial charge in [0.15, 0.2) is 0 Å². The fourth-order valence-electron chi connectivity index (χ4n) is 2.42. The van der Waals surface area contributed by atoms with Crippen LogP contribution in [0.15, 0.2) is 30.3 Å².